The Bertz CT molecular complexity index is 297. The van der Waals surface area contributed by atoms with E-state index in [4.69, 9.17) is 5.26 Å². The minimum atomic E-state index is -0.327. The molecule has 1 rings (SSSR count). The van der Waals surface area contributed by atoms with Crippen LogP contribution in [-0.2, 0) is 4.79 Å². The van der Waals surface area contributed by atoms with Gasteiger partial charge in [0.2, 0.25) is 5.91 Å². The Morgan fingerprint density at radius 2 is 2.29 bits per heavy atom. The van der Waals surface area contributed by atoms with Crippen molar-refractivity contribution in [1.82, 2.24) is 15.1 Å². The lowest BCUT2D eigenvalue weighted by atomic mass is 10.2. The van der Waals surface area contributed by atoms with E-state index in [0.29, 0.717) is 5.92 Å². The number of hydrogen-bond donors (Lipinski definition) is 1. The van der Waals surface area contributed by atoms with Gasteiger partial charge in [0.15, 0.2) is 0 Å². The van der Waals surface area contributed by atoms with Crippen LogP contribution in [-0.4, -0.2) is 62.0 Å². The fraction of sp³-hybridized carbons (Fsp3) is 0.833. The summed E-state index contributed by atoms with van der Waals surface area (Å²) in [6, 6.07) is 1.75. The third-order valence-electron chi connectivity index (χ3n) is 2.97. The van der Waals surface area contributed by atoms with Gasteiger partial charge in [-0.1, -0.05) is 6.92 Å². The number of nitrogens with zero attached hydrogens (tertiary/aromatic N) is 3. The first-order valence-corrected chi connectivity index (χ1v) is 6.08. The van der Waals surface area contributed by atoms with Crippen LogP contribution in [0, 0.1) is 17.2 Å². The summed E-state index contributed by atoms with van der Waals surface area (Å²) in [5, 5.41) is 11.9. The molecule has 0 aromatic heterocycles. The van der Waals surface area contributed by atoms with E-state index in [-0.39, 0.29) is 18.4 Å². The van der Waals surface area contributed by atoms with E-state index in [1.165, 1.54) is 0 Å². The van der Waals surface area contributed by atoms with Gasteiger partial charge in [-0.3, -0.25) is 4.79 Å². The van der Waals surface area contributed by atoms with Crippen LogP contribution in [0.2, 0.25) is 0 Å². The highest BCUT2D eigenvalue weighted by Crippen LogP contribution is 2.09. The molecule has 0 spiro atoms. The number of amides is 1. The SMILES string of the molecule is CC1CNC(CC#N)C(=O)N(CCN(C)C)C1. The van der Waals surface area contributed by atoms with Gasteiger partial charge >= 0.3 is 0 Å². The first kappa shape index (κ1) is 13.9. The van der Waals surface area contributed by atoms with E-state index in [2.05, 4.69) is 23.2 Å². The maximum absolute atomic E-state index is 12.2. The normalized spacial score (nSPS) is 25.8. The Morgan fingerprint density at radius 3 is 2.88 bits per heavy atom. The van der Waals surface area contributed by atoms with Crippen molar-refractivity contribution in [1.29, 1.82) is 5.26 Å². The first-order valence-electron chi connectivity index (χ1n) is 6.08. The molecular weight excluding hydrogens is 216 g/mol. The second-order valence-corrected chi connectivity index (χ2v) is 5.02. The third kappa shape index (κ3) is 4.33. The molecule has 0 radical (unpaired) electrons. The molecule has 17 heavy (non-hydrogen) atoms. The molecular formula is C12H22N4O. The summed E-state index contributed by atoms with van der Waals surface area (Å²) in [7, 11) is 3.99. The van der Waals surface area contributed by atoms with Crippen molar-refractivity contribution < 1.29 is 4.79 Å². The number of carbonyl (C=O) groups is 1. The largest absolute Gasteiger partial charge is 0.340 e. The summed E-state index contributed by atoms with van der Waals surface area (Å²) in [4.78, 5) is 16.1. The van der Waals surface area contributed by atoms with Crippen molar-refractivity contribution >= 4 is 5.91 Å². The van der Waals surface area contributed by atoms with Crippen LogP contribution in [0.4, 0.5) is 0 Å². The second kappa shape index (κ2) is 6.58. The predicted octanol–water partition coefficient (Wildman–Crippen LogP) is -0.102. The zero-order valence-corrected chi connectivity index (χ0v) is 10.9. The zero-order chi connectivity index (χ0) is 12.8. The molecule has 1 heterocycles. The molecule has 1 N–H and O–H groups in total. The van der Waals surface area contributed by atoms with Crippen molar-refractivity contribution in [3.8, 4) is 6.07 Å². The van der Waals surface area contributed by atoms with Crippen LogP contribution < -0.4 is 5.32 Å². The molecule has 1 aliphatic heterocycles. The molecule has 5 nitrogen and oxygen atoms in total. The topological polar surface area (TPSA) is 59.4 Å². The smallest absolute Gasteiger partial charge is 0.240 e. The van der Waals surface area contributed by atoms with Crippen LogP contribution in [0.1, 0.15) is 13.3 Å². The highest BCUT2D eigenvalue weighted by Gasteiger charge is 2.28. The van der Waals surface area contributed by atoms with Gasteiger partial charge in [-0.2, -0.15) is 5.26 Å². The number of rotatable bonds is 4. The maximum Gasteiger partial charge on any atom is 0.240 e. The zero-order valence-electron chi connectivity index (χ0n) is 10.9. The molecule has 1 aliphatic rings. The summed E-state index contributed by atoms with van der Waals surface area (Å²) >= 11 is 0. The highest BCUT2D eigenvalue weighted by molar-refractivity contribution is 5.82. The lowest BCUT2D eigenvalue weighted by molar-refractivity contribution is -0.132. The van der Waals surface area contributed by atoms with Crippen molar-refractivity contribution in [2.45, 2.75) is 19.4 Å². The second-order valence-electron chi connectivity index (χ2n) is 5.02. The number of likely N-dealkylation sites (N-methyl/N-ethyl adjacent to an activating group) is 1. The fourth-order valence-corrected chi connectivity index (χ4v) is 1.95. The molecule has 2 atom stereocenters. The van der Waals surface area contributed by atoms with E-state index in [1.54, 1.807) is 0 Å². The van der Waals surface area contributed by atoms with E-state index in [9.17, 15) is 4.79 Å². The van der Waals surface area contributed by atoms with E-state index in [0.717, 1.165) is 26.2 Å². The van der Waals surface area contributed by atoms with Gasteiger partial charge in [0.05, 0.1) is 18.5 Å². The first-order chi connectivity index (χ1) is 8.04. The lowest BCUT2D eigenvalue weighted by Crippen LogP contribution is -2.45. The van der Waals surface area contributed by atoms with Crippen LogP contribution in [0.15, 0.2) is 0 Å². The van der Waals surface area contributed by atoms with E-state index in [1.807, 2.05) is 19.0 Å². The van der Waals surface area contributed by atoms with Crippen LogP contribution in [0.5, 0.6) is 0 Å². The van der Waals surface area contributed by atoms with Crippen molar-refractivity contribution in [3.05, 3.63) is 0 Å². The Balaban J connectivity index is 2.64. The number of nitriles is 1. The molecule has 1 fully saturated rings. The molecule has 2 unspecified atom stereocenters. The Hall–Kier alpha value is -1.12. The van der Waals surface area contributed by atoms with Gasteiger partial charge in [0.1, 0.15) is 0 Å². The summed E-state index contributed by atoms with van der Waals surface area (Å²) in [6.07, 6.45) is 0.254. The summed E-state index contributed by atoms with van der Waals surface area (Å²) in [6.45, 7) is 5.30. The molecule has 5 heteroatoms. The van der Waals surface area contributed by atoms with Crippen molar-refractivity contribution in [2.24, 2.45) is 5.92 Å². The molecule has 1 saturated heterocycles. The van der Waals surface area contributed by atoms with Gasteiger partial charge in [-0.05, 0) is 20.0 Å². The van der Waals surface area contributed by atoms with Gasteiger partial charge in [-0.25, -0.2) is 0 Å². The van der Waals surface area contributed by atoms with E-state index >= 15 is 0 Å². The molecule has 1 amide bonds. The van der Waals surface area contributed by atoms with Crippen LogP contribution in [0.25, 0.3) is 0 Å². The highest BCUT2D eigenvalue weighted by atomic mass is 16.2. The summed E-state index contributed by atoms with van der Waals surface area (Å²) in [5.74, 6) is 0.502. The average Bonchev–Trinajstić information content (AvgIpc) is 2.40. The third-order valence-corrected chi connectivity index (χ3v) is 2.97. The molecule has 0 aromatic carbocycles. The number of carbonyl (C=O) groups excluding carboxylic acids is 1. The van der Waals surface area contributed by atoms with Gasteiger partial charge < -0.3 is 15.1 Å². The Kier molecular flexibility index (Phi) is 5.39. The van der Waals surface area contributed by atoms with E-state index < -0.39 is 0 Å². The molecule has 0 saturated carbocycles. The van der Waals surface area contributed by atoms with Crippen LogP contribution >= 0.6 is 0 Å². The van der Waals surface area contributed by atoms with Crippen LogP contribution in [0.3, 0.4) is 0 Å². The van der Waals surface area contributed by atoms with Crippen molar-refractivity contribution in [2.75, 3.05) is 40.3 Å². The summed E-state index contributed by atoms with van der Waals surface area (Å²) in [5.41, 5.74) is 0. The minimum absolute atomic E-state index is 0.0674. The average molecular weight is 238 g/mol. The van der Waals surface area contributed by atoms with Gasteiger partial charge in [0, 0.05) is 26.2 Å². The maximum atomic E-state index is 12.2. The molecule has 0 aliphatic carbocycles. The lowest BCUT2D eigenvalue weighted by Gasteiger charge is -2.25. The monoisotopic (exact) mass is 238 g/mol. The molecule has 0 bridgehead atoms. The number of hydrogen-bond acceptors (Lipinski definition) is 4. The summed E-state index contributed by atoms with van der Waals surface area (Å²) < 4.78 is 0. The Morgan fingerprint density at radius 1 is 1.59 bits per heavy atom. The standard InChI is InChI=1S/C12H22N4O/c1-10-8-14-11(4-5-13)12(17)16(9-10)7-6-15(2)3/h10-11,14H,4,6-9H2,1-3H3. The minimum Gasteiger partial charge on any atom is -0.340 e. The quantitative estimate of drug-likeness (QED) is 0.743. The molecule has 96 valence electrons. The fourth-order valence-electron chi connectivity index (χ4n) is 1.95. The predicted molar refractivity (Wildman–Crippen MR) is 66.3 cm³/mol. The number of nitrogens with one attached hydrogen (secondary N) is 1. The molecule has 0 aromatic rings. The van der Waals surface area contributed by atoms with Crippen molar-refractivity contribution in [3.63, 3.8) is 0 Å². The van der Waals surface area contributed by atoms with Gasteiger partial charge in [-0.15, -0.1) is 0 Å². The van der Waals surface area contributed by atoms with Gasteiger partial charge in [0.25, 0.3) is 0 Å². The Labute approximate surface area is 103 Å².